The van der Waals surface area contributed by atoms with E-state index in [0.29, 0.717) is 18.1 Å². The van der Waals surface area contributed by atoms with Crippen molar-refractivity contribution >= 4 is 41.9 Å². The quantitative estimate of drug-likeness (QED) is 0.230. The van der Waals surface area contributed by atoms with Crippen LogP contribution in [0.3, 0.4) is 0 Å². The fourth-order valence-electron chi connectivity index (χ4n) is 2.42. The number of urea groups is 1. The summed E-state index contributed by atoms with van der Waals surface area (Å²) in [5.74, 6) is 0.211. The first-order valence-electron chi connectivity index (χ1n) is 7.97. The molecule has 27 heavy (non-hydrogen) atoms. The Bertz CT molecular complexity index is 687. The molecule has 0 spiro atoms. The second-order valence-electron chi connectivity index (χ2n) is 5.55. The number of alkyl halides is 2. The van der Waals surface area contributed by atoms with Crippen LogP contribution in [0, 0.1) is 6.92 Å². The van der Waals surface area contributed by atoms with Crippen LogP contribution in [0.25, 0.3) is 0 Å². The molecule has 1 aromatic carbocycles. The van der Waals surface area contributed by atoms with Crippen LogP contribution in [0.2, 0.25) is 0 Å². The zero-order valence-electron chi connectivity index (χ0n) is 14.9. The summed E-state index contributed by atoms with van der Waals surface area (Å²) in [4.78, 5) is 28.1. The Balaban J connectivity index is 0.00000364. The van der Waals surface area contributed by atoms with Crippen LogP contribution in [0.5, 0.6) is 5.75 Å². The van der Waals surface area contributed by atoms with E-state index in [0.717, 1.165) is 10.5 Å². The van der Waals surface area contributed by atoms with Crippen molar-refractivity contribution in [1.82, 2.24) is 20.9 Å². The number of aliphatic imine (C=N–C) groups is 1. The number of nitrogens with one attached hydrogen (secondary N) is 3. The molecule has 0 bridgehead atoms. The number of imide groups is 1. The van der Waals surface area contributed by atoms with Gasteiger partial charge in [0.1, 0.15) is 5.75 Å². The third kappa shape index (κ3) is 6.81. The Hall–Kier alpha value is -2.18. The molecule has 0 aromatic heterocycles. The first kappa shape index (κ1) is 22.9. The van der Waals surface area contributed by atoms with E-state index < -0.39 is 12.6 Å². The van der Waals surface area contributed by atoms with Crippen molar-refractivity contribution in [3.8, 4) is 5.75 Å². The van der Waals surface area contributed by atoms with E-state index in [-0.39, 0.29) is 55.3 Å². The molecule has 1 aliphatic heterocycles. The molecule has 1 aliphatic rings. The van der Waals surface area contributed by atoms with Gasteiger partial charge in [0.05, 0.1) is 6.54 Å². The van der Waals surface area contributed by atoms with Gasteiger partial charge in [-0.25, -0.2) is 4.79 Å². The largest absolute Gasteiger partial charge is 0.434 e. The number of carbonyl (C=O) groups excluding carboxylic acids is 2. The monoisotopic (exact) mass is 497 g/mol. The summed E-state index contributed by atoms with van der Waals surface area (Å²) in [6, 6.07) is 4.50. The molecule has 150 valence electrons. The molecule has 1 fully saturated rings. The molecule has 0 radical (unpaired) electrons. The van der Waals surface area contributed by atoms with E-state index in [1.165, 1.54) is 6.07 Å². The van der Waals surface area contributed by atoms with E-state index >= 15 is 0 Å². The van der Waals surface area contributed by atoms with Gasteiger partial charge in [0.15, 0.2) is 5.96 Å². The smallest absolute Gasteiger partial charge is 0.387 e. The van der Waals surface area contributed by atoms with Gasteiger partial charge in [0, 0.05) is 32.2 Å². The minimum Gasteiger partial charge on any atom is -0.434 e. The van der Waals surface area contributed by atoms with Gasteiger partial charge in [-0.05, 0) is 13.0 Å². The number of hydrogen-bond acceptors (Lipinski definition) is 4. The second-order valence-corrected chi connectivity index (χ2v) is 5.55. The van der Waals surface area contributed by atoms with Crippen molar-refractivity contribution in [1.29, 1.82) is 0 Å². The van der Waals surface area contributed by atoms with Crippen molar-refractivity contribution < 1.29 is 23.1 Å². The maximum absolute atomic E-state index is 12.5. The minimum atomic E-state index is -2.90. The van der Waals surface area contributed by atoms with E-state index in [1.807, 2.05) is 6.92 Å². The third-order valence-electron chi connectivity index (χ3n) is 3.67. The number of halogens is 3. The van der Waals surface area contributed by atoms with Crippen LogP contribution < -0.4 is 20.7 Å². The molecule has 11 heteroatoms. The van der Waals surface area contributed by atoms with Crippen molar-refractivity contribution in [3.63, 3.8) is 0 Å². The molecule has 1 saturated heterocycles. The number of guanidine groups is 1. The fourth-order valence-corrected chi connectivity index (χ4v) is 2.42. The van der Waals surface area contributed by atoms with E-state index in [4.69, 9.17) is 0 Å². The molecule has 0 saturated carbocycles. The molecular weight excluding hydrogens is 475 g/mol. The first-order valence-corrected chi connectivity index (χ1v) is 7.97. The summed E-state index contributed by atoms with van der Waals surface area (Å²) in [7, 11) is 1.55. The van der Waals surface area contributed by atoms with Gasteiger partial charge in [0.2, 0.25) is 5.91 Å². The van der Waals surface area contributed by atoms with Crippen LogP contribution in [-0.2, 0) is 11.3 Å². The van der Waals surface area contributed by atoms with Gasteiger partial charge < -0.3 is 20.7 Å². The number of carbonyl (C=O) groups is 2. The molecule has 1 aromatic rings. The summed E-state index contributed by atoms with van der Waals surface area (Å²) in [6.45, 7) is -0.347. The van der Waals surface area contributed by atoms with Crippen LogP contribution in [0.1, 0.15) is 11.1 Å². The number of aryl methyl sites for hydroxylation is 1. The zero-order valence-corrected chi connectivity index (χ0v) is 17.3. The average Bonchev–Trinajstić information content (AvgIpc) is 2.91. The predicted octanol–water partition coefficient (Wildman–Crippen LogP) is 1.43. The molecule has 3 N–H and O–H groups in total. The maximum Gasteiger partial charge on any atom is 0.387 e. The summed E-state index contributed by atoms with van der Waals surface area (Å²) >= 11 is 0. The topological polar surface area (TPSA) is 95.1 Å². The summed E-state index contributed by atoms with van der Waals surface area (Å²) in [5.41, 5.74) is 1.47. The first-order chi connectivity index (χ1) is 12.4. The zero-order chi connectivity index (χ0) is 19.1. The Labute approximate surface area is 172 Å². The number of nitrogens with zero attached hydrogens (tertiary/aromatic N) is 2. The van der Waals surface area contributed by atoms with Crippen molar-refractivity contribution in [2.75, 3.05) is 26.7 Å². The lowest BCUT2D eigenvalue weighted by Gasteiger charge is -2.17. The lowest BCUT2D eigenvalue weighted by atomic mass is 10.1. The van der Waals surface area contributed by atoms with Gasteiger partial charge in [0.25, 0.3) is 0 Å². The minimum absolute atomic E-state index is 0. The predicted molar refractivity (Wildman–Crippen MR) is 107 cm³/mol. The molecule has 8 nitrogen and oxygen atoms in total. The van der Waals surface area contributed by atoms with Crippen molar-refractivity contribution in [3.05, 3.63) is 29.3 Å². The van der Waals surface area contributed by atoms with Crippen LogP contribution >= 0.6 is 24.0 Å². The highest BCUT2D eigenvalue weighted by Gasteiger charge is 2.27. The number of hydrogen-bond donors (Lipinski definition) is 3. The Kier molecular flexibility index (Phi) is 9.18. The normalized spacial score (nSPS) is 14.1. The molecular formula is C16H22F2IN5O3. The molecule has 0 atom stereocenters. The highest BCUT2D eigenvalue weighted by atomic mass is 127. The molecule has 0 aliphatic carbocycles. The van der Waals surface area contributed by atoms with Crippen molar-refractivity contribution in [2.45, 2.75) is 20.1 Å². The molecule has 3 amide bonds. The molecule has 1 heterocycles. The maximum atomic E-state index is 12.5. The Morgan fingerprint density at radius 1 is 1.37 bits per heavy atom. The SMILES string of the molecule is CN=C(NCCN1C(=O)CNC1=O)NCc1cc(C)ccc1OC(F)F.I. The van der Waals surface area contributed by atoms with Gasteiger partial charge in [-0.2, -0.15) is 8.78 Å². The van der Waals surface area contributed by atoms with Crippen LogP contribution in [0.15, 0.2) is 23.2 Å². The van der Waals surface area contributed by atoms with Crippen LogP contribution in [0.4, 0.5) is 13.6 Å². The fraction of sp³-hybridized carbons (Fsp3) is 0.438. The van der Waals surface area contributed by atoms with Gasteiger partial charge >= 0.3 is 12.6 Å². The highest BCUT2D eigenvalue weighted by molar-refractivity contribution is 14.0. The van der Waals surface area contributed by atoms with E-state index in [9.17, 15) is 18.4 Å². The van der Waals surface area contributed by atoms with E-state index in [2.05, 4.69) is 25.7 Å². The average molecular weight is 497 g/mol. The number of ether oxygens (including phenoxy) is 1. The van der Waals surface area contributed by atoms with E-state index in [1.54, 1.807) is 19.2 Å². The molecule has 0 unspecified atom stereocenters. The Morgan fingerprint density at radius 2 is 2.11 bits per heavy atom. The second kappa shape index (κ2) is 10.8. The summed E-state index contributed by atoms with van der Waals surface area (Å²) < 4.78 is 29.5. The number of rotatable bonds is 7. The lowest BCUT2D eigenvalue weighted by Crippen LogP contribution is -2.43. The number of benzene rings is 1. The van der Waals surface area contributed by atoms with Gasteiger partial charge in [-0.3, -0.25) is 14.7 Å². The third-order valence-corrected chi connectivity index (χ3v) is 3.67. The standard InChI is InChI=1S/C16H21F2N5O3.HI/c1-10-3-4-12(26-14(17)18)11(7-10)8-21-15(19-2)20-5-6-23-13(24)9-22-16(23)25;/h3-4,7,14H,5-6,8-9H2,1-2H3,(H,22,25)(H2,19,20,21);1H. The van der Waals surface area contributed by atoms with Gasteiger partial charge in [-0.1, -0.05) is 17.7 Å². The highest BCUT2D eigenvalue weighted by Crippen LogP contribution is 2.21. The lowest BCUT2D eigenvalue weighted by molar-refractivity contribution is -0.124. The molecule has 2 rings (SSSR count). The van der Waals surface area contributed by atoms with Gasteiger partial charge in [-0.15, -0.1) is 24.0 Å². The summed E-state index contributed by atoms with van der Waals surface area (Å²) in [6.07, 6.45) is 0. The summed E-state index contributed by atoms with van der Waals surface area (Å²) in [5, 5.41) is 8.38. The Morgan fingerprint density at radius 3 is 2.70 bits per heavy atom. The number of amides is 3. The van der Waals surface area contributed by atoms with Crippen LogP contribution in [-0.4, -0.2) is 56.1 Å². The van der Waals surface area contributed by atoms with Crippen molar-refractivity contribution in [2.24, 2.45) is 4.99 Å².